The van der Waals surface area contributed by atoms with E-state index in [-0.39, 0.29) is 11.9 Å². The highest BCUT2D eigenvalue weighted by atomic mass is 32.2. The minimum atomic E-state index is -0.267. The summed E-state index contributed by atoms with van der Waals surface area (Å²) in [6, 6.07) is 15.0. The molecule has 0 spiro atoms. The van der Waals surface area contributed by atoms with Crippen LogP contribution >= 0.6 is 11.8 Å². The van der Waals surface area contributed by atoms with Crippen LogP contribution in [0.25, 0.3) is 0 Å². The smallest absolute Gasteiger partial charge is 0.306 e. The Kier molecular flexibility index (Phi) is 7.35. The Balaban J connectivity index is 1.76. The summed E-state index contributed by atoms with van der Waals surface area (Å²) in [6.07, 6.45) is 0.305. The molecule has 0 saturated carbocycles. The number of carbonyl (C=O) groups excluding carboxylic acids is 2. The minimum absolute atomic E-state index is 0.109. The summed E-state index contributed by atoms with van der Waals surface area (Å²) in [4.78, 5) is 22.8. The number of nitrogens with one attached hydrogen (secondary N) is 1. The monoisotopic (exact) mass is 359 g/mol. The van der Waals surface area contributed by atoms with Gasteiger partial charge >= 0.3 is 5.97 Å². The van der Waals surface area contributed by atoms with Gasteiger partial charge in [0, 0.05) is 11.4 Å². The first-order valence-electron chi connectivity index (χ1n) is 7.86. The van der Waals surface area contributed by atoms with E-state index in [0.29, 0.717) is 29.4 Å². The predicted octanol–water partition coefficient (Wildman–Crippen LogP) is 4.02. The summed E-state index contributed by atoms with van der Waals surface area (Å²) in [5, 5.41) is 2.81. The Morgan fingerprint density at radius 3 is 2.20 bits per heavy atom. The van der Waals surface area contributed by atoms with E-state index < -0.39 is 0 Å². The van der Waals surface area contributed by atoms with E-state index in [0.717, 1.165) is 5.75 Å². The minimum Gasteiger partial charge on any atom is -0.469 e. The maximum atomic E-state index is 11.9. The number of aryl methyl sites for hydroxylation is 1. The van der Waals surface area contributed by atoms with E-state index >= 15 is 0 Å². The molecule has 0 aliphatic carbocycles. The second-order valence-electron chi connectivity index (χ2n) is 5.37. The second kappa shape index (κ2) is 9.74. The fourth-order valence-electron chi connectivity index (χ4n) is 1.97. The zero-order chi connectivity index (χ0) is 18.1. The van der Waals surface area contributed by atoms with Gasteiger partial charge in [-0.1, -0.05) is 17.7 Å². The van der Waals surface area contributed by atoms with Crippen molar-refractivity contribution in [3.8, 4) is 11.5 Å². The lowest BCUT2D eigenvalue weighted by Gasteiger charge is -2.08. The molecular formula is C19H21NO4S. The molecule has 25 heavy (non-hydrogen) atoms. The Bertz CT molecular complexity index is 698. The van der Waals surface area contributed by atoms with Crippen molar-refractivity contribution < 1.29 is 19.1 Å². The van der Waals surface area contributed by atoms with Gasteiger partial charge in [-0.3, -0.25) is 9.59 Å². The highest BCUT2D eigenvalue weighted by Gasteiger charge is 2.05. The molecule has 0 heterocycles. The number of thioether (sulfide) groups is 1. The molecule has 0 aliphatic rings. The van der Waals surface area contributed by atoms with Gasteiger partial charge in [0.1, 0.15) is 11.5 Å². The Morgan fingerprint density at radius 1 is 1.00 bits per heavy atom. The fourth-order valence-corrected chi connectivity index (χ4v) is 2.68. The molecule has 132 valence electrons. The topological polar surface area (TPSA) is 64.6 Å². The maximum Gasteiger partial charge on any atom is 0.306 e. The number of anilines is 1. The number of carbonyl (C=O) groups is 2. The van der Waals surface area contributed by atoms with Crippen molar-refractivity contribution in [2.24, 2.45) is 0 Å². The van der Waals surface area contributed by atoms with Crippen molar-refractivity contribution >= 4 is 29.3 Å². The molecule has 0 saturated heterocycles. The average Bonchev–Trinajstić information content (AvgIpc) is 2.62. The first kappa shape index (κ1) is 18.9. The fraction of sp³-hybridized carbons (Fsp3) is 0.263. The summed E-state index contributed by atoms with van der Waals surface area (Å²) in [7, 11) is 1.35. The molecule has 6 heteroatoms. The van der Waals surface area contributed by atoms with Gasteiger partial charge in [-0.15, -0.1) is 0 Å². The third-order valence-corrected chi connectivity index (χ3v) is 4.27. The molecule has 0 fully saturated rings. The van der Waals surface area contributed by atoms with Crippen LogP contribution in [0.4, 0.5) is 5.69 Å². The third-order valence-electron chi connectivity index (χ3n) is 3.31. The normalized spacial score (nSPS) is 10.2. The van der Waals surface area contributed by atoms with E-state index in [1.54, 1.807) is 24.3 Å². The number of hydrogen-bond acceptors (Lipinski definition) is 5. The summed E-state index contributed by atoms with van der Waals surface area (Å²) in [5.41, 5.74) is 1.88. The number of amides is 1. The van der Waals surface area contributed by atoms with Gasteiger partial charge in [0.25, 0.3) is 0 Å². The van der Waals surface area contributed by atoms with Gasteiger partial charge in [-0.05, 0) is 43.3 Å². The molecule has 0 atom stereocenters. The van der Waals surface area contributed by atoms with Crippen molar-refractivity contribution in [2.75, 3.05) is 23.9 Å². The lowest BCUT2D eigenvalue weighted by Crippen LogP contribution is -2.14. The number of benzene rings is 2. The SMILES string of the molecule is COC(=O)CCSCC(=O)Nc1ccc(Oc2ccc(C)cc2)cc1. The van der Waals surface area contributed by atoms with Crippen LogP contribution in [0.1, 0.15) is 12.0 Å². The van der Waals surface area contributed by atoms with Crippen molar-refractivity contribution in [2.45, 2.75) is 13.3 Å². The highest BCUT2D eigenvalue weighted by Crippen LogP contribution is 2.23. The molecule has 0 radical (unpaired) electrons. The zero-order valence-corrected chi connectivity index (χ0v) is 15.1. The molecule has 0 aliphatic heterocycles. The first-order valence-corrected chi connectivity index (χ1v) is 9.01. The second-order valence-corrected chi connectivity index (χ2v) is 6.47. The lowest BCUT2D eigenvalue weighted by atomic mass is 10.2. The summed E-state index contributed by atoms with van der Waals surface area (Å²) < 4.78 is 10.3. The molecule has 2 rings (SSSR count). The largest absolute Gasteiger partial charge is 0.469 e. The number of ether oxygens (including phenoxy) is 2. The maximum absolute atomic E-state index is 11.9. The van der Waals surface area contributed by atoms with E-state index in [1.807, 2.05) is 31.2 Å². The van der Waals surface area contributed by atoms with Gasteiger partial charge in [0.15, 0.2) is 0 Å². The summed E-state index contributed by atoms with van der Waals surface area (Å²) >= 11 is 1.39. The Hall–Kier alpha value is -2.47. The molecule has 5 nitrogen and oxygen atoms in total. The Morgan fingerprint density at radius 2 is 1.60 bits per heavy atom. The van der Waals surface area contributed by atoms with Crippen LogP contribution in [0.2, 0.25) is 0 Å². The third kappa shape index (κ3) is 6.89. The van der Waals surface area contributed by atoms with E-state index in [2.05, 4.69) is 10.1 Å². The highest BCUT2D eigenvalue weighted by molar-refractivity contribution is 7.99. The van der Waals surface area contributed by atoms with Crippen LogP contribution in [0.5, 0.6) is 11.5 Å². The van der Waals surface area contributed by atoms with Crippen LogP contribution in [0, 0.1) is 6.92 Å². The van der Waals surface area contributed by atoms with Crippen LogP contribution < -0.4 is 10.1 Å². The lowest BCUT2D eigenvalue weighted by molar-refractivity contribution is -0.140. The number of rotatable bonds is 8. The van der Waals surface area contributed by atoms with Crippen LogP contribution in [0.3, 0.4) is 0 Å². The summed E-state index contributed by atoms with van der Waals surface area (Å²) in [5.74, 6) is 1.94. The average molecular weight is 359 g/mol. The van der Waals surface area contributed by atoms with Gasteiger partial charge < -0.3 is 14.8 Å². The van der Waals surface area contributed by atoms with Crippen molar-refractivity contribution in [3.63, 3.8) is 0 Å². The Labute approximate surface area is 151 Å². The molecular weight excluding hydrogens is 338 g/mol. The predicted molar refractivity (Wildman–Crippen MR) is 100 cm³/mol. The molecule has 1 N–H and O–H groups in total. The van der Waals surface area contributed by atoms with Crippen molar-refractivity contribution in [3.05, 3.63) is 54.1 Å². The zero-order valence-electron chi connectivity index (χ0n) is 14.3. The van der Waals surface area contributed by atoms with E-state index in [4.69, 9.17) is 4.74 Å². The first-order chi connectivity index (χ1) is 12.1. The number of hydrogen-bond donors (Lipinski definition) is 1. The van der Waals surface area contributed by atoms with E-state index in [9.17, 15) is 9.59 Å². The van der Waals surface area contributed by atoms with Gasteiger partial charge in [-0.25, -0.2) is 0 Å². The molecule has 2 aromatic rings. The number of methoxy groups -OCH3 is 1. The van der Waals surface area contributed by atoms with Gasteiger partial charge in [0.05, 0.1) is 19.3 Å². The quantitative estimate of drug-likeness (QED) is 0.570. The van der Waals surface area contributed by atoms with Gasteiger partial charge in [-0.2, -0.15) is 11.8 Å². The summed E-state index contributed by atoms with van der Waals surface area (Å²) in [6.45, 7) is 2.02. The van der Waals surface area contributed by atoms with Crippen LogP contribution in [-0.2, 0) is 14.3 Å². The molecule has 1 amide bonds. The van der Waals surface area contributed by atoms with Crippen molar-refractivity contribution in [1.29, 1.82) is 0 Å². The molecule has 0 unspecified atom stereocenters. The molecule has 2 aromatic carbocycles. The van der Waals surface area contributed by atoms with Crippen molar-refractivity contribution in [1.82, 2.24) is 0 Å². The number of esters is 1. The standard InChI is InChI=1S/C19H21NO4S/c1-14-3-7-16(8-4-14)24-17-9-5-15(6-10-17)20-18(21)13-25-12-11-19(22)23-2/h3-10H,11-13H2,1-2H3,(H,20,21). The van der Waals surface area contributed by atoms with Crippen LogP contribution in [0.15, 0.2) is 48.5 Å². The molecule has 0 aromatic heterocycles. The molecule has 0 bridgehead atoms. The van der Waals surface area contributed by atoms with Gasteiger partial charge in [0.2, 0.25) is 5.91 Å². The van der Waals surface area contributed by atoms with Crippen LogP contribution in [-0.4, -0.2) is 30.5 Å². The van der Waals surface area contributed by atoms with E-state index in [1.165, 1.54) is 24.4 Å².